The van der Waals surface area contributed by atoms with Gasteiger partial charge in [0.15, 0.2) is 30.6 Å². The zero-order valence-corrected chi connectivity index (χ0v) is 36.1. The number of hydrogen-bond acceptors (Lipinski definition) is 14. The Morgan fingerprint density at radius 3 is 1.90 bits per heavy atom. The van der Waals surface area contributed by atoms with Crippen LogP contribution in [0.15, 0.2) is 11.6 Å². The van der Waals surface area contributed by atoms with Crippen molar-refractivity contribution in [1.82, 2.24) is 0 Å². The summed E-state index contributed by atoms with van der Waals surface area (Å²) in [6.45, 7) is 14.7. The van der Waals surface area contributed by atoms with E-state index in [1.54, 1.807) is 6.92 Å². The molecule has 19 atom stereocenters. The second-order valence-corrected chi connectivity index (χ2v) is 20.6. The molecule has 0 aromatic carbocycles. The maximum Gasteiger partial charge on any atom is 3.00 e. The van der Waals surface area contributed by atoms with Crippen molar-refractivity contribution in [3.05, 3.63) is 11.6 Å². The second kappa shape index (κ2) is 15.4. The predicted molar refractivity (Wildman–Crippen MR) is 203 cm³/mol. The van der Waals surface area contributed by atoms with Gasteiger partial charge in [0, 0.05) is 17.3 Å². The standard InChI is InChI=1S/C42H62O16.Al/c1-37(2)21-8-11-42(7)31(20(43)16-18-19-17-39(4,36(53)54)13-12-38(19,3)14-15-41(18,42)6)40(21,5)10-9-22(37)55-35-30(26(47)25(46)29(57-35)33(51)52)58-34-27(48)23(44)24(45)28(56-34)32(49)50;/h16,19,21-31,34-35,44-48H,8-15,17H2,1-7H3,(H,49,50)(H,51,52)(H,53,54);/q;+3/p-1/t19?,21-,22?,23-,24-,25-,26-,27+,28-,29-,30+,31+,34-,35-,38?,39-,40?,41+,42?;/m0./s1. The fourth-order valence-corrected chi connectivity index (χ4v) is 13.4. The van der Waals surface area contributed by atoms with Crippen molar-refractivity contribution >= 4 is 41.1 Å². The Kier molecular flexibility index (Phi) is 12.1. The maximum absolute atomic E-state index is 14.8. The Morgan fingerprint density at radius 1 is 0.729 bits per heavy atom. The van der Waals surface area contributed by atoms with Gasteiger partial charge in [-0.2, -0.15) is 0 Å². The molecular weight excluding hydrogens is 787 g/mol. The number of aliphatic hydroxyl groups is 5. The molecule has 0 aromatic heterocycles. The predicted octanol–water partition coefficient (Wildman–Crippen LogP) is 0.530. The van der Waals surface area contributed by atoms with Gasteiger partial charge in [-0.3, -0.25) is 4.79 Å². The van der Waals surface area contributed by atoms with Gasteiger partial charge in [-0.1, -0.05) is 54.0 Å². The van der Waals surface area contributed by atoms with E-state index >= 15 is 0 Å². The van der Waals surface area contributed by atoms with Gasteiger partial charge in [0.25, 0.3) is 0 Å². The Bertz CT molecular complexity index is 1740. The number of aliphatic carboxylic acids is 3. The van der Waals surface area contributed by atoms with Crippen LogP contribution < -0.4 is 5.11 Å². The number of ether oxygens (including phenoxy) is 4. The van der Waals surface area contributed by atoms with Crippen LogP contribution in [0, 0.1) is 50.2 Å². The molecule has 0 bridgehead atoms. The second-order valence-electron chi connectivity index (χ2n) is 20.6. The number of aliphatic hydroxyl groups excluding tert-OH is 5. The zero-order valence-electron chi connectivity index (χ0n) is 34.9. The molecule has 7 N–H and O–H groups in total. The summed E-state index contributed by atoms with van der Waals surface area (Å²) in [5.74, 6) is -4.80. The molecule has 0 aromatic rings. The van der Waals surface area contributed by atoms with Crippen molar-refractivity contribution in [2.45, 2.75) is 174 Å². The number of carbonyl (C=O) groups is 4. The summed E-state index contributed by atoms with van der Waals surface area (Å²) in [7, 11) is 0. The molecule has 2 heterocycles. The molecular formula is C42H61AlO16+2. The molecule has 2 saturated heterocycles. The van der Waals surface area contributed by atoms with Gasteiger partial charge in [-0.15, -0.1) is 0 Å². The zero-order chi connectivity index (χ0) is 42.9. The number of carbonyl (C=O) groups excluding carboxylic acids is 2. The van der Waals surface area contributed by atoms with Gasteiger partial charge in [0.05, 0.1) is 6.10 Å². The van der Waals surface area contributed by atoms with Crippen molar-refractivity contribution < 1.29 is 79.0 Å². The number of hydrogen-bond donors (Lipinski definition) is 7. The molecule has 5 unspecified atom stereocenters. The molecule has 5 aliphatic carbocycles. The smallest absolute Gasteiger partial charge is 0.550 e. The number of fused-ring (bicyclic) bond motifs is 7. The average molecular weight is 849 g/mol. The molecule has 0 radical (unpaired) electrons. The largest absolute Gasteiger partial charge is 3.00 e. The minimum absolute atomic E-state index is 0. The first kappa shape index (κ1) is 46.5. The van der Waals surface area contributed by atoms with Crippen LogP contribution in [-0.2, 0) is 38.1 Å². The van der Waals surface area contributed by atoms with Crippen LogP contribution in [0.1, 0.15) is 106 Å². The number of carboxylic acid groups (broad SMARTS) is 3. The topological polar surface area (TPSA) is 270 Å². The number of ketones is 1. The van der Waals surface area contributed by atoms with E-state index in [0.717, 1.165) is 24.8 Å². The van der Waals surface area contributed by atoms with E-state index in [2.05, 4.69) is 27.7 Å². The average Bonchev–Trinajstić information content (AvgIpc) is 3.13. The van der Waals surface area contributed by atoms with E-state index in [0.29, 0.717) is 38.5 Å². The summed E-state index contributed by atoms with van der Waals surface area (Å²) in [5.41, 5.74) is -2.03. The van der Waals surface area contributed by atoms with Crippen molar-refractivity contribution in [3.8, 4) is 0 Å². The number of allylic oxidation sites excluding steroid dienone is 2. The quantitative estimate of drug-likeness (QED) is 0.136. The summed E-state index contributed by atoms with van der Waals surface area (Å²) in [4.78, 5) is 51.2. The first-order valence-corrected chi connectivity index (χ1v) is 20.7. The van der Waals surface area contributed by atoms with E-state index in [4.69, 9.17) is 18.9 Å². The van der Waals surface area contributed by atoms with Crippen LogP contribution in [-0.4, -0.2) is 144 Å². The Labute approximate surface area is 354 Å². The molecule has 326 valence electrons. The summed E-state index contributed by atoms with van der Waals surface area (Å²) in [5, 5.41) is 85.1. The van der Waals surface area contributed by atoms with E-state index in [1.165, 1.54) is 0 Å². The van der Waals surface area contributed by atoms with Crippen molar-refractivity contribution in [2.75, 3.05) is 0 Å². The van der Waals surface area contributed by atoms with Gasteiger partial charge in [0.1, 0.15) is 36.6 Å². The van der Waals surface area contributed by atoms with E-state index < -0.39 is 107 Å². The van der Waals surface area contributed by atoms with Gasteiger partial charge in [-0.05, 0) is 103 Å². The third kappa shape index (κ3) is 6.88. The Hall–Kier alpha value is -2.01. The van der Waals surface area contributed by atoms with Crippen molar-refractivity contribution in [3.63, 3.8) is 0 Å². The van der Waals surface area contributed by atoms with Gasteiger partial charge < -0.3 is 64.6 Å². The molecule has 7 aliphatic rings. The first-order chi connectivity index (χ1) is 26.8. The van der Waals surface area contributed by atoms with Crippen LogP contribution in [0.3, 0.4) is 0 Å². The summed E-state index contributed by atoms with van der Waals surface area (Å²) >= 11 is 0. The number of carboxylic acids is 3. The Morgan fingerprint density at radius 2 is 1.31 bits per heavy atom. The molecule has 4 saturated carbocycles. The SMILES string of the molecule is CC12CC[C@](C)(C(=O)[O-])CC1C1=CC(=O)[C@@H]3C4(C)CCC(O[C@H]5O[C@H](C(=O)O)[C@@H](O)[C@H](O)[C@H]5O[C@@H]5O[C@H](C(=O)O)[C@@H](O)[C@H](O)[C@H]5O)C(C)(C)[C@@H]4CCC3(C)[C@]1(C)CC2.[Al+3]. The van der Waals surface area contributed by atoms with E-state index in [1.807, 2.05) is 19.9 Å². The van der Waals surface area contributed by atoms with Crippen LogP contribution in [0.2, 0.25) is 0 Å². The minimum Gasteiger partial charge on any atom is -0.550 e. The number of rotatable bonds is 7. The van der Waals surface area contributed by atoms with Crippen molar-refractivity contribution in [2.24, 2.45) is 50.2 Å². The minimum atomic E-state index is -2.05. The van der Waals surface area contributed by atoms with Crippen LogP contribution >= 0.6 is 0 Å². The molecule has 17 heteroatoms. The Balaban J connectivity index is 0.00000585. The first-order valence-electron chi connectivity index (χ1n) is 20.7. The third-order valence-corrected chi connectivity index (χ3v) is 17.2. The summed E-state index contributed by atoms with van der Waals surface area (Å²) in [6, 6.07) is 0. The molecule has 0 spiro atoms. The maximum atomic E-state index is 14.8. The van der Waals surface area contributed by atoms with Crippen LogP contribution in [0.25, 0.3) is 0 Å². The summed E-state index contributed by atoms with van der Waals surface area (Å²) < 4.78 is 23.4. The van der Waals surface area contributed by atoms with Gasteiger partial charge >= 0.3 is 29.3 Å². The molecule has 59 heavy (non-hydrogen) atoms. The van der Waals surface area contributed by atoms with Crippen LogP contribution in [0.4, 0.5) is 0 Å². The molecule has 0 amide bonds. The van der Waals surface area contributed by atoms with Crippen molar-refractivity contribution in [1.29, 1.82) is 0 Å². The van der Waals surface area contributed by atoms with E-state index in [9.17, 15) is 60.0 Å². The molecule has 7 rings (SSSR count). The fourth-order valence-electron chi connectivity index (χ4n) is 13.4. The third-order valence-electron chi connectivity index (χ3n) is 17.2. The van der Waals surface area contributed by atoms with E-state index in [-0.39, 0.29) is 51.7 Å². The fraction of sp³-hybridized carbons (Fsp3) is 0.857. The van der Waals surface area contributed by atoms with Gasteiger partial charge in [-0.25, -0.2) is 9.59 Å². The summed E-state index contributed by atoms with van der Waals surface area (Å²) in [6.07, 6.45) is -12.5. The van der Waals surface area contributed by atoms with Crippen LogP contribution in [0.5, 0.6) is 0 Å². The monoisotopic (exact) mass is 848 g/mol. The molecule has 6 fully saturated rings. The normalized spacial score (nSPS) is 51.7. The molecule has 2 aliphatic heterocycles. The van der Waals surface area contributed by atoms with Gasteiger partial charge in [0.2, 0.25) is 0 Å². The molecule has 16 nitrogen and oxygen atoms in total.